The molecule has 1 amide bonds. The topological polar surface area (TPSA) is 29.5 Å². The van der Waals surface area contributed by atoms with Crippen molar-refractivity contribution in [3.05, 3.63) is 23.8 Å². The molecule has 0 saturated heterocycles. The van der Waals surface area contributed by atoms with Crippen LogP contribution < -0.4 is 9.64 Å². The summed E-state index contributed by atoms with van der Waals surface area (Å²) in [6, 6.07) is 6.18. The second-order valence-corrected chi connectivity index (χ2v) is 5.94. The normalized spacial score (nSPS) is 17.7. The molecule has 0 unspecified atom stereocenters. The number of hydrogen-bond acceptors (Lipinski definition) is 2. The van der Waals surface area contributed by atoms with Crippen LogP contribution in [-0.2, 0) is 11.2 Å². The van der Waals surface area contributed by atoms with Crippen molar-refractivity contribution in [2.75, 3.05) is 18.6 Å². The molecule has 3 heteroatoms. The van der Waals surface area contributed by atoms with Crippen LogP contribution in [0.2, 0.25) is 0 Å². The molecular weight excluding hydrogens is 238 g/mol. The van der Waals surface area contributed by atoms with E-state index < -0.39 is 5.41 Å². The lowest BCUT2D eigenvalue weighted by molar-refractivity contribution is -0.127. The van der Waals surface area contributed by atoms with Crippen LogP contribution in [0.4, 0.5) is 5.69 Å². The molecule has 0 N–H and O–H groups in total. The summed E-state index contributed by atoms with van der Waals surface area (Å²) in [6.07, 6.45) is 3.40. The SMILES string of the molecule is CCCCc1ccc2c(c1)N(C)C(=O)C(C)(C)CO2. The van der Waals surface area contributed by atoms with Crippen molar-refractivity contribution in [3.8, 4) is 5.75 Å². The molecule has 1 heterocycles. The summed E-state index contributed by atoms with van der Waals surface area (Å²) >= 11 is 0. The molecule has 1 aromatic rings. The number of rotatable bonds is 3. The van der Waals surface area contributed by atoms with Gasteiger partial charge >= 0.3 is 0 Å². The number of carbonyl (C=O) groups is 1. The smallest absolute Gasteiger partial charge is 0.235 e. The molecule has 1 aromatic carbocycles. The third-order valence-corrected chi connectivity index (χ3v) is 3.68. The van der Waals surface area contributed by atoms with Crippen LogP contribution in [-0.4, -0.2) is 19.6 Å². The molecule has 0 atom stereocenters. The first-order valence-corrected chi connectivity index (χ1v) is 6.99. The van der Waals surface area contributed by atoms with E-state index >= 15 is 0 Å². The number of fused-ring (bicyclic) bond motifs is 1. The van der Waals surface area contributed by atoms with Crippen LogP contribution in [0.25, 0.3) is 0 Å². The third-order valence-electron chi connectivity index (χ3n) is 3.68. The first-order valence-electron chi connectivity index (χ1n) is 6.99. The lowest BCUT2D eigenvalue weighted by atomic mass is 9.93. The summed E-state index contributed by atoms with van der Waals surface area (Å²) in [5.74, 6) is 0.917. The highest BCUT2D eigenvalue weighted by atomic mass is 16.5. The summed E-state index contributed by atoms with van der Waals surface area (Å²) in [6.45, 7) is 6.47. The van der Waals surface area contributed by atoms with Crippen LogP contribution in [0, 0.1) is 5.41 Å². The van der Waals surface area contributed by atoms with Gasteiger partial charge < -0.3 is 9.64 Å². The Kier molecular flexibility index (Phi) is 3.83. The number of unbranched alkanes of at least 4 members (excludes halogenated alkanes) is 1. The quantitative estimate of drug-likeness (QED) is 0.834. The zero-order valence-corrected chi connectivity index (χ0v) is 12.3. The van der Waals surface area contributed by atoms with Gasteiger partial charge in [0, 0.05) is 7.05 Å². The molecular formula is C16H23NO2. The van der Waals surface area contributed by atoms with Crippen molar-refractivity contribution >= 4 is 11.6 Å². The van der Waals surface area contributed by atoms with Crippen LogP contribution in [0.3, 0.4) is 0 Å². The second kappa shape index (κ2) is 5.24. The van der Waals surface area contributed by atoms with Gasteiger partial charge in [0.25, 0.3) is 0 Å². The minimum absolute atomic E-state index is 0.110. The fourth-order valence-corrected chi connectivity index (χ4v) is 2.37. The van der Waals surface area contributed by atoms with Gasteiger partial charge in [0.05, 0.1) is 11.1 Å². The Morgan fingerprint density at radius 3 is 2.79 bits per heavy atom. The van der Waals surface area contributed by atoms with E-state index in [0.29, 0.717) is 6.61 Å². The van der Waals surface area contributed by atoms with Gasteiger partial charge in [-0.15, -0.1) is 0 Å². The number of benzene rings is 1. The standard InChI is InChI=1S/C16H23NO2/c1-5-6-7-12-8-9-14-13(10-12)17(4)15(18)16(2,3)11-19-14/h8-10H,5-7,11H2,1-4H3. The Hall–Kier alpha value is -1.51. The fourth-order valence-electron chi connectivity index (χ4n) is 2.37. The van der Waals surface area contributed by atoms with Gasteiger partial charge in [0.2, 0.25) is 5.91 Å². The van der Waals surface area contributed by atoms with Crippen LogP contribution in [0.1, 0.15) is 39.2 Å². The van der Waals surface area contributed by atoms with Gasteiger partial charge in [0.1, 0.15) is 12.4 Å². The zero-order valence-electron chi connectivity index (χ0n) is 12.3. The summed E-state index contributed by atoms with van der Waals surface area (Å²) < 4.78 is 5.80. The summed E-state index contributed by atoms with van der Waals surface area (Å²) in [5, 5.41) is 0. The monoisotopic (exact) mass is 261 g/mol. The average Bonchev–Trinajstić information content (AvgIpc) is 2.48. The first-order chi connectivity index (χ1) is 8.95. The van der Waals surface area contributed by atoms with Crippen molar-refractivity contribution in [2.24, 2.45) is 5.41 Å². The molecule has 0 aliphatic carbocycles. The number of carbonyl (C=O) groups excluding carboxylic acids is 1. The number of aryl methyl sites for hydroxylation is 1. The van der Waals surface area contributed by atoms with Crippen molar-refractivity contribution in [2.45, 2.75) is 40.0 Å². The Balaban J connectivity index is 2.34. The number of nitrogens with zero attached hydrogens (tertiary/aromatic N) is 1. The van der Waals surface area contributed by atoms with Crippen LogP contribution in [0.15, 0.2) is 18.2 Å². The van der Waals surface area contributed by atoms with Gasteiger partial charge in [-0.05, 0) is 44.4 Å². The number of amides is 1. The molecule has 1 aliphatic rings. The maximum Gasteiger partial charge on any atom is 0.235 e. The van der Waals surface area contributed by atoms with Crippen molar-refractivity contribution in [1.29, 1.82) is 0 Å². The molecule has 0 saturated carbocycles. The lowest BCUT2D eigenvalue weighted by Crippen LogP contribution is -2.39. The average molecular weight is 261 g/mol. The van der Waals surface area contributed by atoms with E-state index in [1.54, 1.807) is 4.90 Å². The summed E-state index contributed by atoms with van der Waals surface area (Å²) in [5.41, 5.74) is 1.69. The summed E-state index contributed by atoms with van der Waals surface area (Å²) in [7, 11) is 1.83. The molecule has 3 nitrogen and oxygen atoms in total. The largest absolute Gasteiger partial charge is 0.490 e. The highest BCUT2D eigenvalue weighted by Gasteiger charge is 2.35. The van der Waals surface area contributed by atoms with E-state index in [0.717, 1.165) is 17.9 Å². The van der Waals surface area contributed by atoms with Gasteiger partial charge in [-0.1, -0.05) is 19.4 Å². The van der Waals surface area contributed by atoms with E-state index in [2.05, 4.69) is 19.1 Å². The lowest BCUT2D eigenvalue weighted by Gasteiger charge is -2.24. The molecule has 0 spiro atoms. The Morgan fingerprint density at radius 2 is 2.11 bits per heavy atom. The minimum atomic E-state index is -0.475. The Morgan fingerprint density at radius 1 is 1.37 bits per heavy atom. The highest BCUT2D eigenvalue weighted by molar-refractivity contribution is 5.98. The van der Waals surface area contributed by atoms with Crippen molar-refractivity contribution < 1.29 is 9.53 Å². The number of ether oxygens (including phenoxy) is 1. The first kappa shape index (κ1) is 13.9. The molecule has 104 valence electrons. The van der Waals surface area contributed by atoms with E-state index in [4.69, 9.17) is 4.74 Å². The second-order valence-electron chi connectivity index (χ2n) is 5.94. The van der Waals surface area contributed by atoms with E-state index in [-0.39, 0.29) is 5.91 Å². The number of hydrogen-bond donors (Lipinski definition) is 0. The maximum absolute atomic E-state index is 12.4. The fraction of sp³-hybridized carbons (Fsp3) is 0.562. The van der Waals surface area contributed by atoms with E-state index in [9.17, 15) is 4.79 Å². The van der Waals surface area contributed by atoms with Gasteiger partial charge in [-0.3, -0.25) is 4.79 Å². The van der Waals surface area contributed by atoms with Crippen molar-refractivity contribution in [1.82, 2.24) is 0 Å². The minimum Gasteiger partial charge on any atom is -0.490 e. The molecule has 0 bridgehead atoms. The molecule has 0 aromatic heterocycles. The van der Waals surface area contributed by atoms with Gasteiger partial charge in [-0.25, -0.2) is 0 Å². The third kappa shape index (κ3) is 2.75. The molecule has 0 radical (unpaired) electrons. The van der Waals surface area contributed by atoms with E-state index in [1.165, 1.54) is 18.4 Å². The molecule has 0 fully saturated rings. The van der Waals surface area contributed by atoms with Gasteiger partial charge in [0.15, 0.2) is 0 Å². The predicted molar refractivity (Wildman–Crippen MR) is 77.7 cm³/mol. The molecule has 2 rings (SSSR count). The van der Waals surface area contributed by atoms with E-state index in [1.807, 2.05) is 27.0 Å². The number of anilines is 1. The maximum atomic E-state index is 12.4. The Bertz CT molecular complexity index is 480. The molecule has 19 heavy (non-hydrogen) atoms. The Labute approximate surface area is 115 Å². The van der Waals surface area contributed by atoms with Crippen LogP contribution >= 0.6 is 0 Å². The van der Waals surface area contributed by atoms with Gasteiger partial charge in [-0.2, -0.15) is 0 Å². The summed E-state index contributed by atoms with van der Waals surface area (Å²) in [4.78, 5) is 14.1. The molecule has 1 aliphatic heterocycles. The van der Waals surface area contributed by atoms with Crippen molar-refractivity contribution in [3.63, 3.8) is 0 Å². The highest BCUT2D eigenvalue weighted by Crippen LogP contribution is 2.36. The zero-order chi connectivity index (χ0) is 14.0. The van der Waals surface area contributed by atoms with Crippen LogP contribution in [0.5, 0.6) is 5.75 Å². The predicted octanol–water partition coefficient (Wildman–Crippen LogP) is 3.41.